The van der Waals surface area contributed by atoms with Gasteiger partial charge in [0.15, 0.2) is 0 Å². The molecule has 0 fully saturated rings. The lowest BCUT2D eigenvalue weighted by Crippen LogP contribution is -2.50. The van der Waals surface area contributed by atoms with Crippen LogP contribution < -0.4 is 9.62 Å². The molecule has 196 valence electrons. The van der Waals surface area contributed by atoms with Crippen LogP contribution in [0.25, 0.3) is 0 Å². The van der Waals surface area contributed by atoms with Crippen LogP contribution in [0.2, 0.25) is 0 Å². The highest BCUT2D eigenvalue weighted by Crippen LogP contribution is 2.20. The number of hydrogen-bond acceptors (Lipinski definition) is 4. The first-order valence-electron chi connectivity index (χ1n) is 12.5. The van der Waals surface area contributed by atoms with E-state index in [-0.39, 0.29) is 31.3 Å². The molecule has 2 amide bonds. The van der Waals surface area contributed by atoms with Crippen molar-refractivity contribution >= 4 is 27.5 Å². The van der Waals surface area contributed by atoms with Crippen molar-refractivity contribution in [2.75, 3.05) is 23.7 Å². The molecule has 0 heterocycles. The van der Waals surface area contributed by atoms with Crippen LogP contribution >= 0.6 is 0 Å². The fraction of sp³-hybridized carbons (Fsp3) is 0.310. The van der Waals surface area contributed by atoms with E-state index in [0.29, 0.717) is 25.1 Å². The summed E-state index contributed by atoms with van der Waals surface area (Å²) in [6, 6.07) is 27.3. The van der Waals surface area contributed by atoms with Crippen LogP contribution in [-0.4, -0.2) is 50.5 Å². The first kappa shape index (κ1) is 27.9. The largest absolute Gasteiger partial charge is 0.355 e. The summed E-state index contributed by atoms with van der Waals surface area (Å²) >= 11 is 0. The van der Waals surface area contributed by atoms with Gasteiger partial charge in [-0.15, -0.1) is 0 Å². The minimum atomic E-state index is -3.52. The lowest BCUT2D eigenvalue weighted by Gasteiger charge is -2.32. The third-order valence-corrected chi connectivity index (χ3v) is 7.21. The molecule has 7 nitrogen and oxygen atoms in total. The fourth-order valence-electron chi connectivity index (χ4n) is 4.22. The van der Waals surface area contributed by atoms with Gasteiger partial charge in [-0.2, -0.15) is 0 Å². The van der Waals surface area contributed by atoms with E-state index in [0.717, 1.165) is 17.4 Å². The molecule has 0 spiro atoms. The first-order valence-corrected chi connectivity index (χ1v) is 14.3. The molecule has 1 N–H and O–H groups in total. The van der Waals surface area contributed by atoms with Gasteiger partial charge in [0.25, 0.3) is 0 Å². The number of benzene rings is 3. The number of rotatable bonds is 13. The average molecular weight is 522 g/mol. The number of anilines is 1. The topological polar surface area (TPSA) is 86.8 Å². The summed E-state index contributed by atoms with van der Waals surface area (Å²) in [6.07, 6.45) is 1.97. The molecule has 3 aromatic carbocycles. The maximum Gasteiger partial charge on any atom is 0.243 e. The van der Waals surface area contributed by atoms with Crippen LogP contribution in [-0.2, 0) is 32.6 Å². The smallest absolute Gasteiger partial charge is 0.243 e. The summed E-state index contributed by atoms with van der Waals surface area (Å²) in [4.78, 5) is 28.4. The molecule has 1 atom stereocenters. The second kappa shape index (κ2) is 13.6. The molecule has 37 heavy (non-hydrogen) atoms. The van der Waals surface area contributed by atoms with Gasteiger partial charge in [0.05, 0.1) is 11.9 Å². The molecule has 3 aromatic rings. The van der Waals surface area contributed by atoms with Crippen LogP contribution in [0.1, 0.15) is 30.9 Å². The van der Waals surface area contributed by atoms with E-state index in [2.05, 4.69) is 5.32 Å². The Kier molecular flexibility index (Phi) is 10.3. The van der Waals surface area contributed by atoms with Gasteiger partial charge in [-0.25, -0.2) is 8.42 Å². The summed E-state index contributed by atoms with van der Waals surface area (Å²) in [7, 11) is -3.52. The Morgan fingerprint density at radius 3 is 1.92 bits per heavy atom. The number of hydrogen-bond donors (Lipinski definition) is 1. The molecule has 0 bridgehead atoms. The van der Waals surface area contributed by atoms with Gasteiger partial charge >= 0.3 is 0 Å². The van der Waals surface area contributed by atoms with Crippen molar-refractivity contribution in [1.82, 2.24) is 10.2 Å². The van der Waals surface area contributed by atoms with Crippen LogP contribution in [0.4, 0.5) is 5.69 Å². The predicted molar refractivity (Wildman–Crippen MR) is 147 cm³/mol. The third-order valence-electron chi connectivity index (χ3n) is 6.01. The zero-order chi connectivity index (χ0) is 26.7. The Morgan fingerprint density at radius 2 is 1.38 bits per heavy atom. The van der Waals surface area contributed by atoms with Gasteiger partial charge in [-0.1, -0.05) is 78.9 Å². The zero-order valence-electron chi connectivity index (χ0n) is 21.4. The number of carbonyl (C=O) groups excluding carboxylic acids is 2. The lowest BCUT2D eigenvalue weighted by atomic mass is 10.0. The van der Waals surface area contributed by atoms with Gasteiger partial charge in [-0.05, 0) is 36.6 Å². The summed E-state index contributed by atoms with van der Waals surface area (Å²) in [5.41, 5.74) is 2.43. The quantitative estimate of drug-likeness (QED) is 0.368. The molecule has 3 rings (SSSR count). The summed E-state index contributed by atoms with van der Waals surface area (Å²) < 4.78 is 26.2. The van der Waals surface area contributed by atoms with Crippen molar-refractivity contribution in [2.24, 2.45) is 0 Å². The van der Waals surface area contributed by atoms with Gasteiger partial charge in [0.2, 0.25) is 21.8 Å². The molecular weight excluding hydrogens is 486 g/mol. The minimum absolute atomic E-state index is 0.108. The van der Waals surface area contributed by atoms with Crippen molar-refractivity contribution in [3.8, 4) is 0 Å². The lowest BCUT2D eigenvalue weighted by molar-refractivity contribution is -0.141. The Hall–Kier alpha value is -3.65. The molecule has 0 aliphatic rings. The molecule has 0 aromatic heterocycles. The van der Waals surface area contributed by atoms with Gasteiger partial charge < -0.3 is 10.2 Å². The highest BCUT2D eigenvalue weighted by molar-refractivity contribution is 7.92. The molecule has 0 radical (unpaired) electrons. The maximum absolute atomic E-state index is 13.6. The number of amides is 2. The van der Waals surface area contributed by atoms with Crippen LogP contribution in [0.5, 0.6) is 0 Å². The molecule has 8 heteroatoms. The van der Waals surface area contributed by atoms with Gasteiger partial charge in [0, 0.05) is 32.5 Å². The van der Waals surface area contributed by atoms with E-state index in [1.807, 2.05) is 73.7 Å². The number of nitrogens with one attached hydrogen (secondary N) is 1. The van der Waals surface area contributed by atoms with Gasteiger partial charge in [0.1, 0.15) is 6.04 Å². The highest BCUT2D eigenvalue weighted by Gasteiger charge is 2.30. The Balaban J connectivity index is 1.83. The van der Waals surface area contributed by atoms with E-state index in [9.17, 15) is 18.0 Å². The molecule has 0 aliphatic carbocycles. The summed E-state index contributed by atoms with van der Waals surface area (Å²) in [5, 5.41) is 2.88. The van der Waals surface area contributed by atoms with Crippen molar-refractivity contribution in [3.63, 3.8) is 0 Å². The molecule has 0 saturated heterocycles. The fourth-order valence-corrected chi connectivity index (χ4v) is 5.19. The van der Waals surface area contributed by atoms with E-state index >= 15 is 0 Å². The van der Waals surface area contributed by atoms with E-state index in [4.69, 9.17) is 0 Å². The second-order valence-electron chi connectivity index (χ2n) is 8.88. The zero-order valence-corrected chi connectivity index (χ0v) is 22.2. The van der Waals surface area contributed by atoms with Crippen molar-refractivity contribution < 1.29 is 18.0 Å². The highest BCUT2D eigenvalue weighted by atomic mass is 32.2. The van der Waals surface area contributed by atoms with E-state index in [1.165, 1.54) is 4.31 Å². The number of sulfonamides is 1. The average Bonchev–Trinajstić information content (AvgIpc) is 2.89. The normalized spacial score (nSPS) is 11.9. The Morgan fingerprint density at radius 1 is 0.838 bits per heavy atom. The standard InChI is InChI=1S/C29H35N3O4S/c1-3-30-29(34)27(22-24-14-7-4-8-15-24)31(23-25-16-9-5-10-17-25)28(33)20-13-21-32(37(2,35)36)26-18-11-6-12-19-26/h4-12,14-19,27H,3,13,20-23H2,1-2H3,(H,30,34). The molecule has 1 unspecified atom stereocenters. The molecule has 0 aliphatic heterocycles. The van der Waals surface area contributed by atoms with E-state index in [1.54, 1.807) is 29.2 Å². The van der Waals surface area contributed by atoms with Crippen molar-refractivity contribution in [3.05, 3.63) is 102 Å². The van der Waals surface area contributed by atoms with Crippen molar-refractivity contribution in [1.29, 1.82) is 0 Å². The van der Waals surface area contributed by atoms with Crippen LogP contribution in [0.3, 0.4) is 0 Å². The predicted octanol–water partition coefficient (Wildman–Crippen LogP) is 4.01. The molecular formula is C29H35N3O4S. The first-order chi connectivity index (χ1) is 17.8. The third kappa shape index (κ3) is 8.46. The minimum Gasteiger partial charge on any atom is -0.355 e. The Labute approximate surface area is 220 Å². The summed E-state index contributed by atoms with van der Waals surface area (Å²) in [6.45, 7) is 2.75. The number of carbonyl (C=O) groups is 2. The van der Waals surface area contributed by atoms with E-state index < -0.39 is 16.1 Å². The number of nitrogens with zero attached hydrogens (tertiary/aromatic N) is 2. The molecule has 0 saturated carbocycles. The number of para-hydroxylation sites is 1. The second-order valence-corrected chi connectivity index (χ2v) is 10.8. The van der Waals surface area contributed by atoms with Crippen LogP contribution in [0.15, 0.2) is 91.0 Å². The maximum atomic E-state index is 13.6. The number of likely N-dealkylation sites (N-methyl/N-ethyl adjacent to an activating group) is 1. The van der Waals surface area contributed by atoms with Crippen LogP contribution in [0, 0.1) is 0 Å². The van der Waals surface area contributed by atoms with Crippen molar-refractivity contribution in [2.45, 2.75) is 38.8 Å². The summed E-state index contributed by atoms with van der Waals surface area (Å²) in [5.74, 6) is -0.407. The Bertz CT molecular complexity index is 1240. The SMILES string of the molecule is CCNC(=O)C(Cc1ccccc1)N(Cc1ccccc1)C(=O)CCCN(c1ccccc1)S(C)(=O)=O. The monoisotopic (exact) mass is 521 g/mol. The van der Waals surface area contributed by atoms with Gasteiger partial charge in [-0.3, -0.25) is 13.9 Å².